The predicted molar refractivity (Wildman–Crippen MR) is 100 cm³/mol. The lowest BCUT2D eigenvalue weighted by molar-refractivity contribution is -0.133. The molecular formula is C20H24F3N3O3. The summed E-state index contributed by atoms with van der Waals surface area (Å²) >= 11 is 0. The Kier molecular flexibility index (Phi) is 6.26. The minimum absolute atomic E-state index is 0.0328. The standard InChI is InChI=1S/C20H24F3N3O3/c1-12(27)6-8-26-9-7-14(20(22,23)11-26)13-2-3-16(15(21)10-13)24-17-4-5-18(28)25-19(17)29/h2-3,10,14,17,24H,4-9,11H2,1H3,(H,25,28,29). The fourth-order valence-corrected chi connectivity index (χ4v) is 3.81. The lowest BCUT2D eigenvalue weighted by Gasteiger charge is -2.38. The molecule has 2 aliphatic rings. The van der Waals surface area contributed by atoms with Crippen LogP contribution in [0, 0.1) is 5.82 Å². The van der Waals surface area contributed by atoms with Crippen molar-refractivity contribution >= 4 is 23.3 Å². The Labute approximate surface area is 166 Å². The van der Waals surface area contributed by atoms with Gasteiger partial charge in [-0.3, -0.25) is 24.6 Å². The molecule has 2 atom stereocenters. The molecule has 2 saturated heterocycles. The van der Waals surface area contributed by atoms with Crippen molar-refractivity contribution in [3.8, 4) is 0 Å². The van der Waals surface area contributed by atoms with Crippen molar-refractivity contribution in [3.63, 3.8) is 0 Å². The zero-order chi connectivity index (χ0) is 21.2. The molecule has 0 aliphatic carbocycles. The van der Waals surface area contributed by atoms with E-state index in [-0.39, 0.29) is 48.6 Å². The Morgan fingerprint density at radius 1 is 1.31 bits per heavy atom. The van der Waals surface area contributed by atoms with E-state index in [0.29, 0.717) is 13.1 Å². The Morgan fingerprint density at radius 3 is 2.69 bits per heavy atom. The first-order valence-corrected chi connectivity index (χ1v) is 9.65. The molecule has 2 aliphatic heterocycles. The molecule has 2 heterocycles. The number of carbonyl (C=O) groups is 3. The molecule has 9 heteroatoms. The molecule has 1 aromatic rings. The van der Waals surface area contributed by atoms with Crippen LogP contribution in [0.2, 0.25) is 0 Å². The maximum absolute atomic E-state index is 14.7. The van der Waals surface area contributed by atoms with Crippen molar-refractivity contribution in [2.45, 2.75) is 50.5 Å². The maximum atomic E-state index is 14.7. The first-order chi connectivity index (χ1) is 13.7. The van der Waals surface area contributed by atoms with E-state index in [2.05, 4.69) is 10.6 Å². The van der Waals surface area contributed by atoms with Crippen LogP contribution in [-0.2, 0) is 14.4 Å². The van der Waals surface area contributed by atoms with Gasteiger partial charge in [0.1, 0.15) is 17.6 Å². The van der Waals surface area contributed by atoms with E-state index in [1.54, 1.807) is 4.90 Å². The van der Waals surface area contributed by atoms with Crippen LogP contribution in [0.5, 0.6) is 0 Å². The van der Waals surface area contributed by atoms with Gasteiger partial charge < -0.3 is 5.32 Å². The number of ketones is 1. The number of amides is 2. The molecule has 0 spiro atoms. The van der Waals surface area contributed by atoms with E-state index in [1.807, 2.05) is 0 Å². The summed E-state index contributed by atoms with van der Waals surface area (Å²) in [6.07, 6.45) is 0.778. The second-order valence-electron chi connectivity index (χ2n) is 7.72. The Morgan fingerprint density at radius 2 is 2.07 bits per heavy atom. The SMILES string of the molecule is CC(=O)CCN1CCC(c2ccc(NC3CCC(=O)NC3=O)c(F)c2)C(F)(F)C1. The number of Topliss-reactive ketones (excluding diaryl/α,β-unsaturated/α-hetero) is 1. The number of nitrogens with zero attached hydrogens (tertiary/aromatic N) is 1. The average Bonchev–Trinajstić information content (AvgIpc) is 2.63. The van der Waals surface area contributed by atoms with Gasteiger partial charge in [0.2, 0.25) is 11.8 Å². The Bertz CT molecular complexity index is 815. The minimum Gasteiger partial charge on any atom is -0.371 e. The van der Waals surface area contributed by atoms with Crippen molar-refractivity contribution in [2.75, 3.05) is 25.0 Å². The monoisotopic (exact) mass is 411 g/mol. The molecule has 0 bridgehead atoms. The summed E-state index contributed by atoms with van der Waals surface area (Å²) in [4.78, 5) is 35.6. The normalized spacial score (nSPS) is 24.8. The van der Waals surface area contributed by atoms with Crippen molar-refractivity contribution in [1.82, 2.24) is 10.2 Å². The van der Waals surface area contributed by atoms with Gasteiger partial charge in [-0.2, -0.15) is 0 Å². The highest BCUT2D eigenvalue weighted by atomic mass is 19.3. The molecule has 0 aromatic heterocycles. The molecule has 6 nitrogen and oxygen atoms in total. The quantitative estimate of drug-likeness (QED) is 0.703. The summed E-state index contributed by atoms with van der Waals surface area (Å²) in [6, 6.07) is 3.13. The zero-order valence-corrected chi connectivity index (χ0v) is 16.1. The number of halogens is 3. The first-order valence-electron chi connectivity index (χ1n) is 9.65. The lowest BCUT2D eigenvalue weighted by atomic mass is 9.86. The lowest BCUT2D eigenvalue weighted by Crippen LogP contribution is -2.48. The molecular weight excluding hydrogens is 387 g/mol. The summed E-state index contributed by atoms with van der Waals surface area (Å²) in [5, 5.41) is 4.91. The van der Waals surface area contributed by atoms with Crippen LogP contribution in [0.3, 0.4) is 0 Å². The van der Waals surface area contributed by atoms with Crippen molar-refractivity contribution < 1.29 is 27.6 Å². The van der Waals surface area contributed by atoms with Crippen LogP contribution in [0.4, 0.5) is 18.9 Å². The third kappa shape index (κ3) is 5.14. The molecule has 2 N–H and O–H groups in total. The van der Waals surface area contributed by atoms with Gasteiger partial charge in [-0.05, 0) is 44.0 Å². The van der Waals surface area contributed by atoms with Crippen LogP contribution in [0.25, 0.3) is 0 Å². The van der Waals surface area contributed by atoms with Crippen LogP contribution >= 0.6 is 0 Å². The first kappa shape index (κ1) is 21.3. The van der Waals surface area contributed by atoms with Gasteiger partial charge in [0.05, 0.1) is 18.2 Å². The molecule has 0 saturated carbocycles. The largest absolute Gasteiger partial charge is 0.371 e. The van der Waals surface area contributed by atoms with E-state index in [1.165, 1.54) is 19.1 Å². The van der Waals surface area contributed by atoms with Gasteiger partial charge in [0, 0.05) is 19.4 Å². The fraction of sp³-hybridized carbons (Fsp3) is 0.550. The highest BCUT2D eigenvalue weighted by Crippen LogP contribution is 2.41. The summed E-state index contributed by atoms with van der Waals surface area (Å²) in [5.74, 6) is -5.83. The summed E-state index contributed by atoms with van der Waals surface area (Å²) in [5.41, 5.74) is 0.234. The van der Waals surface area contributed by atoms with E-state index < -0.39 is 36.2 Å². The van der Waals surface area contributed by atoms with Crippen molar-refractivity contribution in [2.24, 2.45) is 0 Å². The number of hydrogen-bond donors (Lipinski definition) is 2. The van der Waals surface area contributed by atoms with Crippen LogP contribution in [0.15, 0.2) is 18.2 Å². The van der Waals surface area contributed by atoms with Crippen molar-refractivity contribution in [3.05, 3.63) is 29.6 Å². The number of nitrogens with one attached hydrogen (secondary N) is 2. The predicted octanol–water partition coefficient (Wildman–Crippen LogP) is 2.45. The molecule has 29 heavy (non-hydrogen) atoms. The van der Waals surface area contributed by atoms with E-state index in [0.717, 1.165) is 6.07 Å². The summed E-state index contributed by atoms with van der Waals surface area (Å²) in [7, 11) is 0. The number of imide groups is 1. The Hall–Kier alpha value is -2.42. The smallest absolute Gasteiger partial charge is 0.267 e. The van der Waals surface area contributed by atoms with Gasteiger partial charge in [-0.25, -0.2) is 13.2 Å². The number of rotatable bonds is 6. The second-order valence-corrected chi connectivity index (χ2v) is 7.72. The van der Waals surface area contributed by atoms with Crippen LogP contribution in [0.1, 0.15) is 44.1 Å². The Balaban J connectivity index is 1.67. The molecule has 2 unspecified atom stereocenters. The topological polar surface area (TPSA) is 78.5 Å². The van der Waals surface area contributed by atoms with E-state index >= 15 is 0 Å². The molecule has 158 valence electrons. The fourth-order valence-electron chi connectivity index (χ4n) is 3.81. The number of likely N-dealkylation sites (tertiary alicyclic amines) is 1. The molecule has 2 fully saturated rings. The summed E-state index contributed by atoms with van der Waals surface area (Å²) in [6.45, 7) is 1.66. The van der Waals surface area contributed by atoms with Gasteiger partial charge in [0.25, 0.3) is 5.92 Å². The molecule has 0 radical (unpaired) electrons. The van der Waals surface area contributed by atoms with Gasteiger partial charge in [-0.1, -0.05) is 6.07 Å². The zero-order valence-electron chi connectivity index (χ0n) is 16.1. The number of alkyl halides is 2. The third-order valence-electron chi connectivity index (χ3n) is 5.42. The molecule has 3 rings (SSSR count). The maximum Gasteiger partial charge on any atom is 0.267 e. The average molecular weight is 411 g/mol. The van der Waals surface area contributed by atoms with Gasteiger partial charge >= 0.3 is 0 Å². The second kappa shape index (κ2) is 8.52. The van der Waals surface area contributed by atoms with E-state index in [4.69, 9.17) is 0 Å². The number of piperidine rings is 2. The highest BCUT2D eigenvalue weighted by molar-refractivity contribution is 6.01. The van der Waals surface area contributed by atoms with E-state index in [9.17, 15) is 27.6 Å². The number of hydrogen-bond acceptors (Lipinski definition) is 5. The number of benzene rings is 1. The molecule has 1 aromatic carbocycles. The van der Waals surface area contributed by atoms with Gasteiger partial charge in [0.15, 0.2) is 0 Å². The van der Waals surface area contributed by atoms with Gasteiger partial charge in [-0.15, -0.1) is 0 Å². The van der Waals surface area contributed by atoms with Crippen LogP contribution in [-0.4, -0.2) is 54.1 Å². The third-order valence-corrected chi connectivity index (χ3v) is 5.42. The molecule has 2 amide bonds. The number of anilines is 1. The summed E-state index contributed by atoms with van der Waals surface area (Å²) < 4.78 is 43.9. The highest BCUT2D eigenvalue weighted by Gasteiger charge is 2.45. The van der Waals surface area contributed by atoms with Crippen molar-refractivity contribution in [1.29, 1.82) is 0 Å². The van der Waals surface area contributed by atoms with Crippen LogP contribution < -0.4 is 10.6 Å². The minimum atomic E-state index is -3.04. The number of carbonyl (C=O) groups excluding carboxylic acids is 3.